The molecule has 0 aliphatic rings. The van der Waals surface area contributed by atoms with Crippen LogP contribution in [-0.4, -0.2) is 15.5 Å². The van der Waals surface area contributed by atoms with Gasteiger partial charge in [-0.25, -0.2) is 4.98 Å². The first-order valence-electron chi connectivity index (χ1n) is 6.69. The summed E-state index contributed by atoms with van der Waals surface area (Å²) in [4.78, 5) is 16.3. The molecule has 2 aromatic carbocycles. The summed E-state index contributed by atoms with van der Waals surface area (Å²) in [6.45, 7) is 0. The van der Waals surface area contributed by atoms with Crippen LogP contribution in [0.5, 0.6) is 0 Å². The first-order chi connectivity index (χ1) is 11.0. The highest BCUT2D eigenvalue weighted by atomic mass is 35.5. The lowest BCUT2D eigenvalue weighted by Crippen LogP contribution is -2.12. The fourth-order valence-corrected chi connectivity index (χ4v) is 2.54. The minimum atomic E-state index is -0.265. The molecule has 0 bridgehead atoms. The van der Waals surface area contributed by atoms with Crippen molar-refractivity contribution in [2.45, 2.75) is 0 Å². The van der Waals surface area contributed by atoms with E-state index in [1.54, 1.807) is 36.8 Å². The molecule has 0 spiro atoms. The molecule has 0 unspecified atom stereocenters. The van der Waals surface area contributed by atoms with E-state index in [4.69, 9.17) is 28.9 Å². The SMILES string of the molecule is Nc1c(Cl)cc(NC(=O)c2ccc(-n3ccnc3)cc2)cc1Cl. The number of aromatic nitrogens is 2. The topological polar surface area (TPSA) is 72.9 Å². The number of rotatable bonds is 3. The molecule has 0 aliphatic carbocycles. The number of nitrogens with one attached hydrogen (secondary N) is 1. The molecule has 1 aromatic heterocycles. The van der Waals surface area contributed by atoms with Gasteiger partial charge in [0.15, 0.2) is 0 Å². The van der Waals surface area contributed by atoms with Crippen molar-refractivity contribution in [3.63, 3.8) is 0 Å². The maximum atomic E-state index is 12.3. The third-order valence-corrected chi connectivity index (χ3v) is 3.89. The number of nitrogen functional groups attached to an aromatic ring is 1. The number of hydrogen-bond acceptors (Lipinski definition) is 3. The molecule has 116 valence electrons. The molecular weight excluding hydrogens is 335 g/mol. The number of amides is 1. The molecule has 0 saturated carbocycles. The summed E-state index contributed by atoms with van der Waals surface area (Å²) >= 11 is 11.9. The molecule has 1 amide bonds. The van der Waals surface area contributed by atoms with E-state index in [9.17, 15) is 4.79 Å². The Balaban J connectivity index is 1.78. The molecule has 0 saturated heterocycles. The predicted octanol–water partition coefficient (Wildman–Crippen LogP) is 4.01. The first kappa shape index (κ1) is 15.4. The molecule has 3 N–H and O–H groups in total. The van der Waals surface area contributed by atoms with Crippen LogP contribution in [-0.2, 0) is 0 Å². The Morgan fingerprint density at radius 3 is 2.35 bits per heavy atom. The van der Waals surface area contributed by atoms with Crippen LogP contribution in [0, 0.1) is 0 Å². The van der Waals surface area contributed by atoms with E-state index in [1.165, 1.54) is 0 Å². The van der Waals surface area contributed by atoms with Gasteiger partial charge in [0.25, 0.3) is 5.91 Å². The van der Waals surface area contributed by atoms with Crippen molar-refractivity contribution < 1.29 is 4.79 Å². The lowest BCUT2D eigenvalue weighted by Gasteiger charge is -2.09. The fraction of sp³-hybridized carbons (Fsp3) is 0. The number of halogens is 2. The van der Waals surface area contributed by atoms with Gasteiger partial charge in [0.2, 0.25) is 0 Å². The van der Waals surface area contributed by atoms with Gasteiger partial charge in [0.05, 0.1) is 22.1 Å². The number of nitrogens with zero attached hydrogens (tertiary/aromatic N) is 2. The van der Waals surface area contributed by atoms with E-state index in [2.05, 4.69) is 10.3 Å². The van der Waals surface area contributed by atoms with Gasteiger partial charge < -0.3 is 15.6 Å². The van der Waals surface area contributed by atoms with Crippen LogP contribution in [0.15, 0.2) is 55.1 Å². The molecule has 3 rings (SSSR count). The molecule has 3 aromatic rings. The van der Waals surface area contributed by atoms with Gasteiger partial charge in [-0.2, -0.15) is 0 Å². The number of anilines is 2. The molecule has 0 fully saturated rings. The Bertz CT molecular complexity index is 822. The van der Waals surface area contributed by atoms with E-state index in [0.717, 1.165) is 5.69 Å². The average Bonchev–Trinajstić information content (AvgIpc) is 3.07. The summed E-state index contributed by atoms with van der Waals surface area (Å²) in [6.07, 6.45) is 5.20. The van der Waals surface area contributed by atoms with Crippen molar-refractivity contribution in [1.29, 1.82) is 0 Å². The van der Waals surface area contributed by atoms with Crippen molar-refractivity contribution in [1.82, 2.24) is 9.55 Å². The minimum Gasteiger partial charge on any atom is -0.396 e. The van der Waals surface area contributed by atoms with E-state index in [0.29, 0.717) is 21.3 Å². The van der Waals surface area contributed by atoms with Gasteiger partial charge in [-0.15, -0.1) is 0 Å². The third kappa shape index (κ3) is 3.31. The zero-order chi connectivity index (χ0) is 16.4. The monoisotopic (exact) mass is 346 g/mol. The highest BCUT2D eigenvalue weighted by molar-refractivity contribution is 6.39. The van der Waals surface area contributed by atoms with Crippen LogP contribution in [0.2, 0.25) is 10.0 Å². The van der Waals surface area contributed by atoms with E-state index in [-0.39, 0.29) is 11.6 Å². The van der Waals surface area contributed by atoms with Gasteiger partial charge in [0, 0.05) is 29.3 Å². The van der Waals surface area contributed by atoms with Gasteiger partial charge in [-0.05, 0) is 36.4 Å². The van der Waals surface area contributed by atoms with Crippen molar-refractivity contribution in [3.8, 4) is 5.69 Å². The second kappa shape index (κ2) is 6.32. The zero-order valence-corrected chi connectivity index (χ0v) is 13.3. The van der Waals surface area contributed by atoms with Crippen molar-refractivity contribution >= 4 is 40.5 Å². The number of carbonyl (C=O) groups excluding carboxylic acids is 1. The largest absolute Gasteiger partial charge is 0.396 e. The Morgan fingerprint density at radius 1 is 1.13 bits per heavy atom. The maximum Gasteiger partial charge on any atom is 0.255 e. The Kier molecular flexibility index (Phi) is 4.23. The van der Waals surface area contributed by atoms with Crippen LogP contribution >= 0.6 is 23.2 Å². The van der Waals surface area contributed by atoms with Gasteiger partial charge >= 0.3 is 0 Å². The predicted molar refractivity (Wildman–Crippen MR) is 92.4 cm³/mol. The van der Waals surface area contributed by atoms with E-state index >= 15 is 0 Å². The molecule has 7 heteroatoms. The molecular formula is C16H12Cl2N4O. The lowest BCUT2D eigenvalue weighted by atomic mass is 10.2. The number of benzene rings is 2. The zero-order valence-electron chi connectivity index (χ0n) is 11.8. The smallest absolute Gasteiger partial charge is 0.255 e. The quantitative estimate of drug-likeness (QED) is 0.703. The third-order valence-electron chi connectivity index (χ3n) is 3.27. The van der Waals surface area contributed by atoms with E-state index < -0.39 is 0 Å². The van der Waals surface area contributed by atoms with Crippen LogP contribution in [0.25, 0.3) is 5.69 Å². The lowest BCUT2D eigenvalue weighted by molar-refractivity contribution is 0.102. The molecule has 0 radical (unpaired) electrons. The second-order valence-corrected chi connectivity index (χ2v) is 5.64. The Hall–Kier alpha value is -2.50. The first-order valence-corrected chi connectivity index (χ1v) is 7.44. The summed E-state index contributed by atoms with van der Waals surface area (Å²) in [5.74, 6) is -0.265. The molecule has 0 atom stereocenters. The van der Waals surface area contributed by atoms with Crippen molar-refractivity contribution in [2.75, 3.05) is 11.1 Å². The van der Waals surface area contributed by atoms with Gasteiger partial charge in [-0.3, -0.25) is 4.79 Å². The average molecular weight is 347 g/mol. The Morgan fingerprint density at radius 2 is 1.78 bits per heavy atom. The molecule has 0 aliphatic heterocycles. The van der Waals surface area contributed by atoms with Crippen LogP contribution in [0.4, 0.5) is 11.4 Å². The number of nitrogens with two attached hydrogens (primary N) is 1. The molecule has 1 heterocycles. The highest BCUT2D eigenvalue weighted by Gasteiger charge is 2.10. The Labute approximate surface area is 142 Å². The van der Waals surface area contributed by atoms with Crippen LogP contribution in [0.3, 0.4) is 0 Å². The van der Waals surface area contributed by atoms with Gasteiger partial charge in [-0.1, -0.05) is 23.2 Å². The fourth-order valence-electron chi connectivity index (χ4n) is 2.06. The maximum absolute atomic E-state index is 12.3. The summed E-state index contributed by atoms with van der Waals surface area (Å²) in [5.41, 5.74) is 7.87. The normalized spacial score (nSPS) is 10.5. The number of carbonyl (C=O) groups is 1. The van der Waals surface area contributed by atoms with Crippen molar-refractivity contribution in [3.05, 3.63) is 70.7 Å². The minimum absolute atomic E-state index is 0.265. The van der Waals surface area contributed by atoms with Gasteiger partial charge in [0.1, 0.15) is 0 Å². The number of hydrogen-bond donors (Lipinski definition) is 2. The summed E-state index contributed by atoms with van der Waals surface area (Å²) in [6, 6.07) is 10.2. The molecule has 5 nitrogen and oxygen atoms in total. The van der Waals surface area contributed by atoms with Crippen LogP contribution < -0.4 is 11.1 Å². The van der Waals surface area contributed by atoms with E-state index in [1.807, 2.05) is 22.9 Å². The van der Waals surface area contributed by atoms with Crippen LogP contribution in [0.1, 0.15) is 10.4 Å². The molecule has 23 heavy (non-hydrogen) atoms. The highest BCUT2D eigenvalue weighted by Crippen LogP contribution is 2.31. The number of imidazole rings is 1. The second-order valence-electron chi connectivity index (χ2n) is 4.82. The van der Waals surface area contributed by atoms with Crippen molar-refractivity contribution in [2.24, 2.45) is 0 Å². The summed E-state index contributed by atoms with van der Waals surface area (Å²) in [5, 5.41) is 3.33. The summed E-state index contributed by atoms with van der Waals surface area (Å²) in [7, 11) is 0. The summed E-state index contributed by atoms with van der Waals surface area (Å²) < 4.78 is 1.85. The standard InChI is InChI=1S/C16H12Cl2N4O/c17-13-7-11(8-14(18)15(13)19)21-16(23)10-1-3-12(4-2-10)22-6-5-20-9-22/h1-9H,19H2,(H,21,23).